The van der Waals surface area contributed by atoms with Gasteiger partial charge in [-0.2, -0.15) is 5.10 Å². The topological polar surface area (TPSA) is 75.4 Å². The first-order valence-corrected chi connectivity index (χ1v) is 11.1. The van der Waals surface area contributed by atoms with Crippen molar-refractivity contribution in [1.82, 2.24) is 19.6 Å². The van der Waals surface area contributed by atoms with E-state index in [2.05, 4.69) is 20.3 Å². The summed E-state index contributed by atoms with van der Waals surface area (Å²) in [4.78, 5) is 24.0. The van der Waals surface area contributed by atoms with Crippen molar-refractivity contribution in [3.63, 3.8) is 0 Å². The summed E-state index contributed by atoms with van der Waals surface area (Å²) in [7, 11) is 0. The predicted molar refractivity (Wildman–Crippen MR) is 116 cm³/mol. The number of hydrogen-bond donors (Lipinski definition) is 1. The van der Waals surface area contributed by atoms with Crippen molar-refractivity contribution in [1.29, 1.82) is 0 Å². The Morgan fingerprint density at radius 3 is 2.94 bits per heavy atom. The smallest absolute Gasteiger partial charge is 0.267 e. The normalized spacial score (nSPS) is 21.7. The molecule has 1 N–H and O–H groups in total. The van der Waals surface area contributed by atoms with Crippen LogP contribution in [0.3, 0.4) is 0 Å². The highest BCUT2D eigenvalue weighted by atomic mass is 32.1. The van der Waals surface area contributed by atoms with Gasteiger partial charge in [0.2, 0.25) is 0 Å². The standard InChI is InChI=1S/C22H18F2N6OS/c1-12-25-11-18(32-12)21(31)27-17-10-26-30-7-5-19(28-20(17)30)29-6-4-13-9-22(13,29)15-8-14(23)2-3-16(15)24/h2-3,5,7-8,10-11,13H,4,6,9H2,1H3,(H,27,31)/t13-,22+/m0/s1. The number of amides is 1. The molecular formula is C22H18F2N6OS. The van der Waals surface area contributed by atoms with Gasteiger partial charge in [-0.05, 0) is 49.9 Å². The third-order valence-electron chi connectivity index (χ3n) is 6.37. The van der Waals surface area contributed by atoms with Gasteiger partial charge in [-0.15, -0.1) is 11.3 Å². The molecule has 1 saturated carbocycles. The SMILES string of the molecule is Cc1ncc(C(=O)Nc2cnn3ccc(N4CC[C@H]5C[C@]54c4cc(F)ccc4F)nc23)s1. The second-order valence-corrected chi connectivity index (χ2v) is 9.43. The fourth-order valence-corrected chi connectivity index (χ4v) is 5.52. The molecule has 4 heterocycles. The summed E-state index contributed by atoms with van der Waals surface area (Å²) in [5.74, 6) is -0.226. The van der Waals surface area contributed by atoms with Crippen molar-refractivity contribution < 1.29 is 13.6 Å². The third kappa shape index (κ3) is 2.82. The lowest BCUT2D eigenvalue weighted by Crippen LogP contribution is -2.34. The van der Waals surface area contributed by atoms with Gasteiger partial charge in [0.25, 0.3) is 5.91 Å². The van der Waals surface area contributed by atoms with Crippen LogP contribution in [0.2, 0.25) is 0 Å². The van der Waals surface area contributed by atoms with Crippen LogP contribution in [-0.2, 0) is 5.54 Å². The lowest BCUT2D eigenvalue weighted by atomic mass is 10.0. The zero-order valence-electron chi connectivity index (χ0n) is 17.0. The van der Waals surface area contributed by atoms with E-state index < -0.39 is 17.2 Å². The summed E-state index contributed by atoms with van der Waals surface area (Å²) < 4.78 is 30.2. The molecule has 0 bridgehead atoms. The maximum absolute atomic E-state index is 14.7. The van der Waals surface area contributed by atoms with Crippen LogP contribution in [0.25, 0.3) is 5.65 Å². The van der Waals surface area contributed by atoms with Crippen LogP contribution < -0.4 is 10.2 Å². The summed E-state index contributed by atoms with van der Waals surface area (Å²) >= 11 is 1.31. The summed E-state index contributed by atoms with van der Waals surface area (Å²) in [6.07, 6.45) is 6.48. The van der Waals surface area contributed by atoms with E-state index in [0.29, 0.717) is 34.1 Å². The zero-order valence-corrected chi connectivity index (χ0v) is 17.9. The minimum Gasteiger partial charge on any atom is -0.346 e. The largest absolute Gasteiger partial charge is 0.346 e. The molecule has 4 aromatic rings. The predicted octanol–water partition coefficient (Wildman–Crippen LogP) is 4.15. The van der Waals surface area contributed by atoms with Crippen LogP contribution >= 0.6 is 11.3 Å². The maximum atomic E-state index is 14.7. The van der Waals surface area contributed by atoms with Crippen molar-refractivity contribution >= 4 is 34.4 Å². The molecule has 1 aromatic carbocycles. The third-order valence-corrected chi connectivity index (χ3v) is 7.29. The van der Waals surface area contributed by atoms with E-state index in [9.17, 15) is 13.6 Å². The number of aryl methyl sites for hydroxylation is 1. The molecule has 1 saturated heterocycles. The van der Waals surface area contributed by atoms with Gasteiger partial charge >= 0.3 is 0 Å². The Labute approximate surface area is 185 Å². The molecule has 1 aliphatic heterocycles. The summed E-state index contributed by atoms with van der Waals surface area (Å²) in [6, 6.07) is 5.45. The number of fused-ring (bicyclic) bond motifs is 2. The van der Waals surface area contributed by atoms with E-state index in [4.69, 9.17) is 4.98 Å². The first-order chi connectivity index (χ1) is 15.5. The van der Waals surface area contributed by atoms with E-state index in [1.165, 1.54) is 29.7 Å². The minimum absolute atomic E-state index is 0.260. The van der Waals surface area contributed by atoms with Gasteiger partial charge < -0.3 is 10.2 Å². The summed E-state index contributed by atoms with van der Waals surface area (Å²) in [6.45, 7) is 2.53. The highest BCUT2D eigenvalue weighted by Crippen LogP contribution is 2.63. The Kier molecular flexibility index (Phi) is 4.10. The quantitative estimate of drug-likeness (QED) is 0.504. The Bertz CT molecular complexity index is 1380. The number of nitrogens with one attached hydrogen (secondary N) is 1. The van der Waals surface area contributed by atoms with Crippen LogP contribution in [-0.4, -0.2) is 32.0 Å². The molecule has 1 aliphatic carbocycles. The molecule has 3 aromatic heterocycles. The average Bonchev–Trinajstić information content (AvgIpc) is 3.10. The number of carbonyl (C=O) groups is 1. The van der Waals surface area contributed by atoms with Gasteiger partial charge in [-0.25, -0.2) is 23.3 Å². The van der Waals surface area contributed by atoms with E-state index in [1.807, 2.05) is 13.0 Å². The molecule has 32 heavy (non-hydrogen) atoms. The van der Waals surface area contributed by atoms with Gasteiger partial charge in [0.15, 0.2) is 5.65 Å². The molecule has 2 atom stereocenters. The number of benzene rings is 1. The number of aromatic nitrogens is 4. The number of carbonyl (C=O) groups excluding carboxylic acids is 1. The van der Waals surface area contributed by atoms with Gasteiger partial charge in [0, 0.05) is 18.3 Å². The molecule has 1 amide bonds. The molecule has 6 rings (SSSR count). The fraction of sp³-hybridized carbons (Fsp3) is 0.273. The number of anilines is 2. The van der Waals surface area contributed by atoms with Crippen LogP contribution in [0.4, 0.5) is 20.3 Å². The molecule has 10 heteroatoms. The summed E-state index contributed by atoms with van der Waals surface area (Å²) in [5.41, 5.74) is 0.752. The Morgan fingerprint density at radius 1 is 1.28 bits per heavy atom. The highest BCUT2D eigenvalue weighted by Gasteiger charge is 2.64. The van der Waals surface area contributed by atoms with E-state index in [0.717, 1.165) is 23.9 Å². The molecule has 2 aliphatic rings. The first kappa shape index (κ1) is 19.3. The van der Waals surface area contributed by atoms with Crippen molar-refractivity contribution in [3.05, 3.63) is 69.9 Å². The van der Waals surface area contributed by atoms with Crippen LogP contribution in [0.1, 0.15) is 33.1 Å². The minimum atomic E-state index is -0.582. The number of nitrogens with zero attached hydrogens (tertiary/aromatic N) is 5. The van der Waals surface area contributed by atoms with Gasteiger partial charge in [0.05, 0.1) is 22.9 Å². The van der Waals surface area contributed by atoms with Gasteiger partial charge in [-0.3, -0.25) is 4.79 Å². The maximum Gasteiger partial charge on any atom is 0.267 e. The number of hydrogen-bond acceptors (Lipinski definition) is 6. The summed E-state index contributed by atoms with van der Waals surface area (Å²) in [5, 5.41) is 7.92. The van der Waals surface area contributed by atoms with Crippen molar-refractivity contribution in [2.75, 3.05) is 16.8 Å². The average molecular weight is 452 g/mol. The zero-order chi connectivity index (χ0) is 22.0. The second-order valence-electron chi connectivity index (χ2n) is 8.20. The number of rotatable bonds is 4. The highest BCUT2D eigenvalue weighted by molar-refractivity contribution is 7.13. The van der Waals surface area contributed by atoms with E-state index >= 15 is 0 Å². The van der Waals surface area contributed by atoms with Crippen molar-refractivity contribution in [2.45, 2.75) is 25.3 Å². The number of thiazole rings is 1. The fourth-order valence-electron chi connectivity index (χ4n) is 4.84. The Balaban J connectivity index is 1.37. The van der Waals surface area contributed by atoms with Crippen molar-refractivity contribution in [2.24, 2.45) is 5.92 Å². The van der Waals surface area contributed by atoms with E-state index in [-0.39, 0.29) is 11.8 Å². The lowest BCUT2D eigenvalue weighted by molar-refractivity contribution is 0.103. The van der Waals surface area contributed by atoms with Gasteiger partial charge in [0.1, 0.15) is 28.0 Å². The second kappa shape index (κ2) is 6.80. The molecule has 0 radical (unpaired) electrons. The van der Waals surface area contributed by atoms with Crippen LogP contribution in [0, 0.1) is 24.5 Å². The number of piperidine rings is 1. The molecule has 2 fully saturated rings. The van der Waals surface area contributed by atoms with E-state index in [1.54, 1.807) is 16.9 Å². The molecule has 7 nitrogen and oxygen atoms in total. The Morgan fingerprint density at radius 2 is 2.16 bits per heavy atom. The van der Waals surface area contributed by atoms with Crippen LogP contribution in [0.5, 0.6) is 0 Å². The monoisotopic (exact) mass is 452 g/mol. The first-order valence-electron chi connectivity index (χ1n) is 10.3. The Hall–Kier alpha value is -3.40. The number of halogens is 2. The molecule has 0 unspecified atom stereocenters. The van der Waals surface area contributed by atoms with Gasteiger partial charge in [-0.1, -0.05) is 0 Å². The molecule has 162 valence electrons. The van der Waals surface area contributed by atoms with Crippen LogP contribution in [0.15, 0.2) is 42.9 Å². The van der Waals surface area contributed by atoms with Crippen molar-refractivity contribution in [3.8, 4) is 0 Å². The molecular weight excluding hydrogens is 434 g/mol. The molecule has 0 spiro atoms. The lowest BCUT2D eigenvalue weighted by Gasteiger charge is -2.30.